The van der Waals surface area contributed by atoms with E-state index in [9.17, 15) is 10.1 Å². The van der Waals surface area contributed by atoms with Crippen LogP contribution >= 0.6 is 0 Å². The van der Waals surface area contributed by atoms with Crippen molar-refractivity contribution in [3.63, 3.8) is 0 Å². The third-order valence-corrected chi connectivity index (χ3v) is 3.85. The van der Waals surface area contributed by atoms with Crippen LogP contribution in [0.1, 0.15) is 24.8 Å². The van der Waals surface area contributed by atoms with Crippen LogP contribution in [0.4, 0.5) is 0 Å². The summed E-state index contributed by atoms with van der Waals surface area (Å²) < 4.78 is 11.0. The van der Waals surface area contributed by atoms with Crippen molar-refractivity contribution in [2.75, 3.05) is 26.8 Å². The average Bonchev–Trinajstić information content (AvgIpc) is 3.06. The largest absolute Gasteiger partial charge is 0.493 e. The first-order valence-electron chi connectivity index (χ1n) is 7.61. The minimum absolute atomic E-state index is 0.0699. The predicted molar refractivity (Wildman–Crippen MR) is 82.8 cm³/mol. The van der Waals surface area contributed by atoms with Crippen LogP contribution in [0.15, 0.2) is 18.2 Å². The Morgan fingerprint density at radius 1 is 1.36 bits per heavy atom. The summed E-state index contributed by atoms with van der Waals surface area (Å²) in [6.07, 6.45) is 2.45. The number of methoxy groups -OCH3 is 1. The Kier molecular flexibility index (Phi) is 5.65. The van der Waals surface area contributed by atoms with Crippen LogP contribution in [0.5, 0.6) is 11.5 Å². The molecule has 0 spiro atoms. The molecule has 0 radical (unpaired) electrons. The van der Waals surface area contributed by atoms with Gasteiger partial charge in [-0.25, -0.2) is 0 Å². The third-order valence-electron chi connectivity index (χ3n) is 3.85. The lowest BCUT2D eigenvalue weighted by Crippen LogP contribution is -2.33. The van der Waals surface area contributed by atoms with E-state index in [1.165, 1.54) is 0 Å². The lowest BCUT2D eigenvalue weighted by atomic mass is 10.1. The summed E-state index contributed by atoms with van der Waals surface area (Å²) >= 11 is 0. The highest BCUT2D eigenvalue weighted by Crippen LogP contribution is 2.28. The van der Waals surface area contributed by atoms with E-state index >= 15 is 0 Å². The molecule has 2 rings (SSSR count). The molecule has 22 heavy (non-hydrogen) atoms. The van der Waals surface area contributed by atoms with E-state index in [4.69, 9.17) is 9.47 Å². The zero-order chi connectivity index (χ0) is 15.9. The summed E-state index contributed by atoms with van der Waals surface area (Å²) in [5.74, 6) is 0.604. The number of likely N-dealkylation sites (tertiary alicyclic amines) is 1. The van der Waals surface area contributed by atoms with Crippen LogP contribution in [-0.2, 0) is 4.79 Å². The second-order valence-electron chi connectivity index (χ2n) is 5.51. The normalized spacial score (nSPS) is 15.2. The smallest absolute Gasteiger partial charge is 0.240 e. The molecule has 0 bridgehead atoms. The van der Waals surface area contributed by atoms with Gasteiger partial charge in [0.25, 0.3) is 0 Å². The maximum absolute atomic E-state index is 12.2. The molecule has 118 valence electrons. The van der Waals surface area contributed by atoms with Crippen LogP contribution in [-0.4, -0.2) is 37.6 Å². The van der Waals surface area contributed by atoms with Crippen LogP contribution in [0.25, 0.3) is 0 Å². The van der Waals surface area contributed by atoms with Gasteiger partial charge in [0.15, 0.2) is 11.5 Å². The maximum atomic E-state index is 12.2. The standard InChI is InChI=1S/C17H22N2O3/c1-13-5-6-15(16(11-13)21-2)22-10-7-14(12-18)17(20)19-8-3-4-9-19/h5-6,11,14H,3-4,7-10H2,1-2H3. The molecule has 1 saturated heterocycles. The number of carbonyl (C=O) groups is 1. The fourth-order valence-corrected chi connectivity index (χ4v) is 2.58. The Balaban J connectivity index is 1.89. The van der Waals surface area contributed by atoms with E-state index in [-0.39, 0.29) is 5.91 Å². The fraction of sp³-hybridized carbons (Fsp3) is 0.529. The predicted octanol–water partition coefficient (Wildman–Crippen LogP) is 2.53. The van der Waals surface area contributed by atoms with Gasteiger partial charge < -0.3 is 14.4 Å². The average molecular weight is 302 g/mol. The molecule has 0 aliphatic carbocycles. The Labute approximate surface area is 131 Å². The van der Waals surface area contributed by atoms with Gasteiger partial charge in [-0.15, -0.1) is 0 Å². The summed E-state index contributed by atoms with van der Waals surface area (Å²) in [6, 6.07) is 7.78. The van der Waals surface area contributed by atoms with Gasteiger partial charge in [0, 0.05) is 19.5 Å². The molecular weight excluding hydrogens is 280 g/mol. The lowest BCUT2D eigenvalue weighted by Gasteiger charge is -2.19. The Bertz CT molecular complexity index is 560. The van der Waals surface area contributed by atoms with Crippen molar-refractivity contribution < 1.29 is 14.3 Å². The van der Waals surface area contributed by atoms with Crippen LogP contribution < -0.4 is 9.47 Å². The molecule has 5 heteroatoms. The van der Waals surface area contributed by atoms with Gasteiger partial charge >= 0.3 is 0 Å². The van der Waals surface area contributed by atoms with E-state index in [1.54, 1.807) is 12.0 Å². The number of benzene rings is 1. The van der Waals surface area contributed by atoms with Gasteiger partial charge in [0.2, 0.25) is 5.91 Å². The minimum Gasteiger partial charge on any atom is -0.493 e. The SMILES string of the molecule is COc1cc(C)ccc1OCCC(C#N)C(=O)N1CCCC1. The molecule has 1 amide bonds. The zero-order valence-electron chi connectivity index (χ0n) is 13.2. The number of aryl methyl sites for hydroxylation is 1. The van der Waals surface area contributed by atoms with Gasteiger partial charge in [-0.2, -0.15) is 5.26 Å². The molecule has 1 unspecified atom stereocenters. The molecule has 1 fully saturated rings. The molecule has 1 heterocycles. The van der Waals surface area contributed by atoms with Gasteiger partial charge in [-0.05, 0) is 37.5 Å². The van der Waals surface area contributed by atoms with Crippen molar-refractivity contribution in [3.8, 4) is 17.6 Å². The number of amides is 1. The van der Waals surface area contributed by atoms with Gasteiger partial charge in [-0.1, -0.05) is 6.07 Å². The van der Waals surface area contributed by atoms with Crippen molar-refractivity contribution in [3.05, 3.63) is 23.8 Å². The monoisotopic (exact) mass is 302 g/mol. The van der Waals surface area contributed by atoms with Crippen molar-refractivity contribution in [1.82, 2.24) is 4.90 Å². The second-order valence-corrected chi connectivity index (χ2v) is 5.51. The second kappa shape index (κ2) is 7.69. The first-order chi connectivity index (χ1) is 10.7. The number of hydrogen-bond acceptors (Lipinski definition) is 4. The highest BCUT2D eigenvalue weighted by molar-refractivity contribution is 5.81. The highest BCUT2D eigenvalue weighted by atomic mass is 16.5. The topological polar surface area (TPSA) is 62.6 Å². The molecule has 1 aromatic carbocycles. The van der Waals surface area contributed by atoms with Crippen molar-refractivity contribution >= 4 is 5.91 Å². The Morgan fingerprint density at radius 2 is 2.09 bits per heavy atom. The molecule has 0 N–H and O–H groups in total. The van der Waals surface area contributed by atoms with E-state index in [0.717, 1.165) is 31.5 Å². The van der Waals surface area contributed by atoms with Gasteiger partial charge in [0.1, 0.15) is 5.92 Å². The lowest BCUT2D eigenvalue weighted by molar-refractivity contribution is -0.133. The number of nitrogens with zero attached hydrogens (tertiary/aromatic N) is 2. The zero-order valence-corrected chi connectivity index (χ0v) is 13.2. The summed E-state index contributed by atoms with van der Waals surface area (Å²) in [5, 5.41) is 9.21. The number of carbonyl (C=O) groups excluding carboxylic acids is 1. The number of hydrogen-bond donors (Lipinski definition) is 0. The number of rotatable bonds is 6. The molecule has 1 aliphatic rings. The Hall–Kier alpha value is -2.22. The first-order valence-corrected chi connectivity index (χ1v) is 7.61. The molecule has 0 saturated carbocycles. The third kappa shape index (κ3) is 3.91. The van der Waals surface area contributed by atoms with Crippen LogP contribution in [0.3, 0.4) is 0 Å². The highest BCUT2D eigenvalue weighted by Gasteiger charge is 2.26. The molecule has 0 aromatic heterocycles. The Morgan fingerprint density at radius 3 is 2.73 bits per heavy atom. The van der Waals surface area contributed by atoms with E-state index < -0.39 is 5.92 Å². The van der Waals surface area contributed by atoms with E-state index in [2.05, 4.69) is 6.07 Å². The number of ether oxygens (including phenoxy) is 2. The van der Waals surface area contributed by atoms with Gasteiger partial charge in [-0.3, -0.25) is 4.79 Å². The van der Waals surface area contributed by atoms with Crippen molar-refractivity contribution in [2.24, 2.45) is 5.92 Å². The fourth-order valence-electron chi connectivity index (χ4n) is 2.58. The summed E-state index contributed by atoms with van der Waals surface area (Å²) in [6.45, 7) is 3.83. The van der Waals surface area contributed by atoms with Crippen molar-refractivity contribution in [1.29, 1.82) is 5.26 Å². The minimum atomic E-state index is -0.630. The molecule has 1 aliphatic heterocycles. The van der Waals surface area contributed by atoms with Crippen LogP contribution in [0.2, 0.25) is 0 Å². The quantitative estimate of drug-likeness (QED) is 0.810. The maximum Gasteiger partial charge on any atom is 0.240 e. The molecule has 5 nitrogen and oxygen atoms in total. The molecule has 1 aromatic rings. The van der Waals surface area contributed by atoms with Crippen molar-refractivity contribution in [2.45, 2.75) is 26.2 Å². The summed E-state index contributed by atoms with van der Waals surface area (Å²) in [4.78, 5) is 14.0. The number of nitriles is 1. The summed E-state index contributed by atoms with van der Waals surface area (Å²) in [5.41, 5.74) is 1.09. The molecular formula is C17H22N2O3. The van der Waals surface area contributed by atoms with Gasteiger partial charge in [0.05, 0.1) is 19.8 Å². The van der Waals surface area contributed by atoms with Crippen LogP contribution in [0, 0.1) is 24.2 Å². The van der Waals surface area contributed by atoms with E-state index in [1.807, 2.05) is 25.1 Å². The summed E-state index contributed by atoms with van der Waals surface area (Å²) in [7, 11) is 1.59. The first kappa shape index (κ1) is 16.2. The molecule has 1 atom stereocenters. The van der Waals surface area contributed by atoms with E-state index in [0.29, 0.717) is 24.5 Å².